The Balaban J connectivity index is 1.71. The van der Waals surface area contributed by atoms with Crippen LogP contribution in [-0.2, 0) is 14.3 Å². The molecule has 5 nitrogen and oxygen atoms in total. The van der Waals surface area contributed by atoms with Gasteiger partial charge in [-0.15, -0.1) is 0 Å². The van der Waals surface area contributed by atoms with E-state index in [2.05, 4.69) is 0 Å². The average molecular weight is 357 g/mol. The number of cyclic esters (lactones) is 1. The fourth-order valence-corrected chi connectivity index (χ4v) is 2.54. The molecule has 0 saturated carbocycles. The first-order chi connectivity index (χ1) is 12.0. The third-order valence-electron chi connectivity index (χ3n) is 3.65. The van der Waals surface area contributed by atoms with Gasteiger partial charge in [-0.1, -0.05) is 29.8 Å². The van der Waals surface area contributed by atoms with Crippen molar-refractivity contribution in [3.63, 3.8) is 0 Å². The molecule has 6 heteroatoms. The number of halogens is 1. The number of hydrogen-bond acceptors (Lipinski definition) is 5. The minimum Gasteiger partial charge on any atom is -0.451 e. The summed E-state index contributed by atoms with van der Waals surface area (Å²) in [6.45, 7) is 1.47. The monoisotopic (exact) mass is 356 g/mol. The summed E-state index contributed by atoms with van der Waals surface area (Å²) in [6.07, 6.45) is 0.0768. The van der Waals surface area contributed by atoms with E-state index < -0.39 is 18.0 Å². The Hall–Kier alpha value is -2.92. The summed E-state index contributed by atoms with van der Waals surface area (Å²) < 4.78 is 10.2. The lowest BCUT2D eigenvalue weighted by Gasteiger charge is -2.11. The van der Waals surface area contributed by atoms with Gasteiger partial charge in [0.25, 0.3) is 0 Å². The maximum atomic E-state index is 12.3. The minimum absolute atomic E-state index is 0.108. The highest BCUT2D eigenvalue weighted by Crippen LogP contribution is 2.29. The third kappa shape index (κ3) is 3.61. The second kappa shape index (κ2) is 6.91. The van der Waals surface area contributed by atoms with Crippen LogP contribution in [0.4, 0.5) is 0 Å². The molecule has 0 N–H and O–H groups in total. The molecule has 0 unspecified atom stereocenters. The average Bonchev–Trinajstić information content (AvgIpc) is 2.91. The van der Waals surface area contributed by atoms with Gasteiger partial charge in [0.2, 0.25) is 5.78 Å². The molecule has 3 rings (SSSR count). The van der Waals surface area contributed by atoms with Crippen molar-refractivity contribution in [3.8, 4) is 0 Å². The van der Waals surface area contributed by atoms with Gasteiger partial charge < -0.3 is 9.47 Å². The largest absolute Gasteiger partial charge is 0.451 e. The fraction of sp³-hybridized carbons (Fsp3) is 0.105. The highest BCUT2D eigenvalue weighted by Gasteiger charge is 2.27. The lowest BCUT2D eigenvalue weighted by Crippen LogP contribution is -2.23. The molecule has 2 aromatic rings. The van der Waals surface area contributed by atoms with E-state index in [9.17, 15) is 14.4 Å². The summed E-state index contributed by atoms with van der Waals surface area (Å²) in [7, 11) is 0. The number of fused-ring (bicyclic) bond motifs is 1. The van der Waals surface area contributed by atoms with Crippen LogP contribution >= 0.6 is 11.6 Å². The highest BCUT2D eigenvalue weighted by molar-refractivity contribution is 6.30. The van der Waals surface area contributed by atoms with Crippen LogP contribution < -0.4 is 0 Å². The third-order valence-corrected chi connectivity index (χ3v) is 3.91. The van der Waals surface area contributed by atoms with Crippen LogP contribution in [0.2, 0.25) is 5.02 Å². The van der Waals surface area contributed by atoms with Crippen molar-refractivity contribution in [2.45, 2.75) is 13.0 Å². The Kier molecular flexibility index (Phi) is 4.67. The quantitative estimate of drug-likeness (QED) is 0.475. The lowest BCUT2D eigenvalue weighted by atomic mass is 10.1. The zero-order valence-corrected chi connectivity index (χ0v) is 13.9. The summed E-state index contributed by atoms with van der Waals surface area (Å²) in [5, 5.41) is 0.507. The lowest BCUT2D eigenvalue weighted by molar-refractivity contribution is -0.140. The minimum atomic E-state index is -0.988. The van der Waals surface area contributed by atoms with Crippen LogP contribution in [0.1, 0.15) is 33.2 Å². The smallest absolute Gasteiger partial charge is 0.344 e. The molecule has 1 atom stereocenters. The van der Waals surface area contributed by atoms with Gasteiger partial charge in [-0.3, -0.25) is 4.79 Å². The van der Waals surface area contributed by atoms with Gasteiger partial charge in [0.15, 0.2) is 6.10 Å². The van der Waals surface area contributed by atoms with Crippen LogP contribution in [0.5, 0.6) is 0 Å². The summed E-state index contributed by atoms with van der Waals surface area (Å²) in [5.74, 6) is -1.54. The molecule has 0 aliphatic carbocycles. The first-order valence-corrected chi connectivity index (χ1v) is 7.87. The summed E-state index contributed by atoms with van der Waals surface area (Å²) in [5.41, 5.74) is 1.28. The first-order valence-electron chi connectivity index (χ1n) is 7.49. The van der Waals surface area contributed by atoms with E-state index in [-0.39, 0.29) is 11.5 Å². The second-order valence-corrected chi connectivity index (χ2v) is 5.83. The molecule has 1 aliphatic rings. The molecule has 0 fully saturated rings. The van der Waals surface area contributed by atoms with Crippen LogP contribution in [0.25, 0.3) is 5.76 Å². The predicted octanol–water partition coefficient (Wildman–Crippen LogP) is 3.67. The van der Waals surface area contributed by atoms with Crippen molar-refractivity contribution >= 4 is 35.1 Å². The van der Waals surface area contributed by atoms with Crippen LogP contribution in [-0.4, -0.2) is 23.8 Å². The van der Waals surface area contributed by atoms with Gasteiger partial charge in [0.05, 0.1) is 11.6 Å². The van der Waals surface area contributed by atoms with E-state index in [1.54, 1.807) is 48.5 Å². The van der Waals surface area contributed by atoms with Crippen molar-refractivity contribution in [3.05, 3.63) is 76.3 Å². The van der Waals surface area contributed by atoms with Gasteiger partial charge in [0.1, 0.15) is 5.76 Å². The Morgan fingerprint density at radius 1 is 1.08 bits per heavy atom. The number of ether oxygens (including phenoxy) is 2. The van der Waals surface area contributed by atoms with E-state index in [1.807, 2.05) is 0 Å². The normalized spacial score (nSPS) is 15.4. The van der Waals surface area contributed by atoms with Crippen LogP contribution in [0.3, 0.4) is 0 Å². The molecule has 0 aromatic heterocycles. The summed E-state index contributed by atoms with van der Waals surface area (Å²) in [6, 6.07) is 13.0. The van der Waals surface area contributed by atoms with Crippen molar-refractivity contribution in [1.29, 1.82) is 0 Å². The second-order valence-electron chi connectivity index (χ2n) is 5.39. The van der Waals surface area contributed by atoms with Crippen LogP contribution in [0, 0.1) is 0 Å². The molecule has 0 amide bonds. The number of rotatable bonds is 4. The molecular weight excluding hydrogens is 344 g/mol. The first kappa shape index (κ1) is 16.9. The SMILES string of the molecule is C[C@@H](OC(=O)/C=C1\OC(=O)c2ccccc21)C(=O)c1ccc(Cl)cc1. The van der Waals surface area contributed by atoms with Crippen LogP contribution in [0.15, 0.2) is 54.6 Å². The Labute approximate surface area is 148 Å². The molecule has 0 radical (unpaired) electrons. The zero-order valence-electron chi connectivity index (χ0n) is 13.2. The van der Waals surface area contributed by atoms with Crippen molar-refractivity contribution in [1.82, 2.24) is 0 Å². The standard InChI is InChI=1S/C19H13ClO5/c1-11(18(22)12-6-8-13(20)9-7-12)24-17(21)10-16-14-4-2-3-5-15(14)19(23)25-16/h2-11H,1H3/b16-10-/t11-/m1/s1. The molecule has 25 heavy (non-hydrogen) atoms. The van der Waals surface area contributed by atoms with E-state index in [0.29, 0.717) is 21.7 Å². The molecule has 0 saturated heterocycles. The molecule has 2 aromatic carbocycles. The number of hydrogen-bond donors (Lipinski definition) is 0. The topological polar surface area (TPSA) is 69.7 Å². The summed E-state index contributed by atoms with van der Waals surface area (Å²) >= 11 is 5.78. The number of carbonyl (C=O) groups excluding carboxylic acids is 3. The summed E-state index contributed by atoms with van der Waals surface area (Å²) in [4.78, 5) is 36.0. The molecule has 0 bridgehead atoms. The van der Waals surface area contributed by atoms with E-state index >= 15 is 0 Å². The zero-order chi connectivity index (χ0) is 18.0. The van der Waals surface area contributed by atoms with E-state index in [0.717, 1.165) is 6.08 Å². The van der Waals surface area contributed by atoms with Gasteiger partial charge in [-0.25, -0.2) is 9.59 Å². The number of ketones is 1. The van der Waals surface area contributed by atoms with Crippen molar-refractivity contribution in [2.24, 2.45) is 0 Å². The Morgan fingerprint density at radius 2 is 1.72 bits per heavy atom. The maximum Gasteiger partial charge on any atom is 0.344 e. The molecule has 126 valence electrons. The Morgan fingerprint density at radius 3 is 2.40 bits per heavy atom. The fourth-order valence-electron chi connectivity index (χ4n) is 2.41. The molecule has 1 heterocycles. The Bertz CT molecular complexity index is 883. The molecular formula is C19H13ClO5. The highest BCUT2D eigenvalue weighted by atomic mass is 35.5. The van der Waals surface area contributed by atoms with Gasteiger partial charge in [0, 0.05) is 16.1 Å². The number of benzene rings is 2. The van der Waals surface area contributed by atoms with Gasteiger partial charge in [-0.05, 0) is 37.3 Å². The molecule has 1 aliphatic heterocycles. The number of Topliss-reactive ketones (excluding diaryl/α,β-unsaturated/α-hetero) is 1. The van der Waals surface area contributed by atoms with E-state index in [1.165, 1.54) is 6.92 Å². The van der Waals surface area contributed by atoms with Crippen molar-refractivity contribution in [2.75, 3.05) is 0 Å². The molecule has 0 spiro atoms. The van der Waals surface area contributed by atoms with E-state index in [4.69, 9.17) is 21.1 Å². The number of esters is 2. The predicted molar refractivity (Wildman–Crippen MR) is 91.2 cm³/mol. The van der Waals surface area contributed by atoms with Gasteiger partial charge in [-0.2, -0.15) is 0 Å². The van der Waals surface area contributed by atoms with Gasteiger partial charge >= 0.3 is 11.9 Å². The van der Waals surface area contributed by atoms with Crippen molar-refractivity contribution < 1.29 is 23.9 Å². The number of carbonyl (C=O) groups is 3. The maximum absolute atomic E-state index is 12.3.